The molecule has 1 aliphatic rings. The number of benzene rings is 1. The molecular formula is C19H26N2O2. The van der Waals surface area contributed by atoms with Gasteiger partial charge in [0.1, 0.15) is 0 Å². The number of nitrogens with one attached hydrogen (secondary N) is 1. The average molecular weight is 314 g/mol. The lowest BCUT2D eigenvalue weighted by Gasteiger charge is -2.48. The van der Waals surface area contributed by atoms with Crippen molar-refractivity contribution in [1.29, 1.82) is 0 Å². The molecule has 1 amide bonds. The highest BCUT2D eigenvalue weighted by Crippen LogP contribution is 2.34. The molecule has 0 aliphatic carbocycles. The SMILES string of the molecule is COCCC1(C)CN(C(=O)CCc2c[nH]c3cccc(C)c23)C1. The van der Waals surface area contributed by atoms with Crippen molar-refractivity contribution in [3.05, 3.63) is 35.5 Å². The average Bonchev–Trinajstić information content (AvgIpc) is 2.92. The number of hydrogen-bond acceptors (Lipinski definition) is 2. The van der Waals surface area contributed by atoms with Gasteiger partial charge in [0.05, 0.1) is 0 Å². The van der Waals surface area contributed by atoms with Gasteiger partial charge in [0, 0.05) is 55.7 Å². The number of aryl methyl sites for hydroxylation is 2. The van der Waals surface area contributed by atoms with Crippen LogP contribution in [0.1, 0.15) is 30.9 Å². The van der Waals surface area contributed by atoms with Gasteiger partial charge in [-0.25, -0.2) is 0 Å². The van der Waals surface area contributed by atoms with Crippen molar-refractivity contribution in [3.63, 3.8) is 0 Å². The second-order valence-corrected chi connectivity index (χ2v) is 7.11. The largest absolute Gasteiger partial charge is 0.385 e. The number of rotatable bonds is 6. The molecule has 1 aromatic heterocycles. The number of likely N-dealkylation sites (tertiary alicyclic amines) is 1. The molecule has 3 rings (SSSR count). The van der Waals surface area contributed by atoms with Crippen molar-refractivity contribution < 1.29 is 9.53 Å². The predicted molar refractivity (Wildman–Crippen MR) is 92.5 cm³/mol. The summed E-state index contributed by atoms with van der Waals surface area (Å²) < 4.78 is 5.15. The molecule has 4 nitrogen and oxygen atoms in total. The van der Waals surface area contributed by atoms with Gasteiger partial charge in [0.2, 0.25) is 5.91 Å². The van der Waals surface area contributed by atoms with Gasteiger partial charge in [-0.2, -0.15) is 0 Å². The Morgan fingerprint density at radius 3 is 2.91 bits per heavy atom. The molecule has 1 saturated heterocycles. The van der Waals surface area contributed by atoms with Gasteiger partial charge in [0.25, 0.3) is 0 Å². The molecule has 0 atom stereocenters. The Kier molecular flexibility index (Phi) is 4.44. The van der Waals surface area contributed by atoms with E-state index in [-0.39, 0.29) is 11.3 Å². The predicted octanol–water partition coefficient (Wildman–Crippen LogP) is 3.29. The van der Waals surface area contributed by atoms with Crippen LogP contribution in [0.4, 0.5) is 0 Å². The van der Waals surface area contributed by atoms with Crippen LogP contribution in [-0.4, -0.2) is 42.6 Å². The van der Waals surface area contributed by atoms with Crippen LogP contribution in [0.15, 0.2) is 24.4 Å². The number of ether oxygens (including phenoxy) is 1. The van der Waals surface area contributed by atoms with Gasteiger partial charge in [-0.3, -0.25) is 4.79 Å². The highest BCUT2D eigenvalue weighted by atomic mass is 16.5. The zero-order valence-electron chi connectivity index (χ0n) is 14.3. The maximum atomic E-state index is 12.4. The first-order valence-electron chi connectivity index (χ1n) is 8.35. The Balaban J connectivity index is 1.56. The number of aromatic nitrogens is 1. The number of nitrogens with zero attached hydrogens (tertiary/aromatic N) is 1. The number of carbonyl (C=O) groups excluding carboxylic acids is 1. The van der Waals surface area contributed by atoms with Crippen LogP contribution in [-0.2, 0) is 16.0 Å². The molecule has 23 heavy (non-hydrogen) atoms. The molecule has 1 aromatic carbocycles. The molecule has 1 N–H and O–H groups in total. The molecule has 0 bridgehead atoms. The topological polar surface area (TPSA) is 45.3 Å². The number of hydrogen-bond donors (Lipinski definition) is 1. The molecule has 4 heteroatoms. The van der Waals surface area contributed by atoms with Crippen LogP contribution in [0.2, 0.25) is 0 Å². The number of aromatic amines is 1. The first-order chi connectivity index (χ1) is 11.0. The summed E-state index contributed by atoms with van der Waals surface area (Å²) in [5, 5.41) is 1.27. The second-order valence-electron chi connectivity index (χ2n) is 7.11. The van der Waals surface area contributed by atoms with E-state index in [1.807, 2.05) is 11.1 Å². The van der Waals surface area contributed by atoms with E-state index in [2.05, 4.69) is 37.0 Å². The summed E-state index contributed by atoms with van der Waals surface area (Å²) in [6.45, 7) is 6.86. The highest BCUT2D eigenvalue weighted by molar-refractivity contribution is 5.87. The Morgan fingerprint density at radius 1 is 1.39 bits per heavy atom. The lowest BCUT2D eigenvalue weighted by molar-refractivity contribution is -0.143. The summed E-state index contributed by atoms with van der Waals surface area (Å²) in [7, 11) is 1.73. The number of amides is 1. The molecule has 0 spiro atoms. The third-order valence-corrected chi connectivity index (χ3v) is 5.01. The van der Waals surface area contributed by atoms with E-state index in [0.717, 1.165) is 38.1 Å². The van der Waals surface area contributed by atoms with Gasteiger partial charge in [-0.15, -0.1) is 0 Å². The minimum atomic E-state index is 0.239. The fraction of sp³-hybridized carbons (Fsp3) is 0.526. The minimum Gasteiger partial charge on any atom is -0.385 e. The molecule has 0 unspecified atom stereocenters. The van der Waals surface area contributed by atoms with Gasteiger partial charge >= 0.3 is 0 Å². The van der Waals surface area contributed by atoms with E-state index in [1.54, 1.807) is 7.11 Å². The molecule has 124 valence electrons. The van der Waals surface area contributed by atoms with Crippen LogP contribution < -0.4 is 0 Å². The molecule has 2 heterocycles. The Morgan fingerprint density at radius 2 is 2.17 bits per heavy atom. The fourth-order valence-corrected chi connectivity index (χ4v) is 3.61. The Labute approximate surface area is 137 Å². The maximum Gasteiger partial charge on any atom is 0.222 e. The molecule has 0 radical (unpaired) electrons. The number of fused-ring (bicyclic) bond motifs is 1. The van der Waals surface area contributed by atoms with Gasteiger partial charge < -0.3 is 14.6 Å². The van der Waals surface area contributed by atoms with E-state index in [4.69, 9.17) is 4.74 Å². The van der Waals surface area contributed by atoms with Crippen molar-refractivity contribution >= 4 is 16.8 Å². The normalized spacial score (nSPS) is 16.6. The summed E-state index contributed by atoms with van der Waals surface area (Å²) in [6.07, 6.45) is 4.45. The zero-order chi connectivity index (χ0) is 16.4. The number of carbonyl (C=O) groups is 1. The lowest BCUT2D eigenvalue weighted by atomic mass is 9.79. The third-order valence-electron chi connectivity index (χ3n) is 5.01. The quantitative estimate of drug-likeness (QED) is 0.889. The number of H-pyrrole nitrogens is 1. The summed E-state index contributed by atoms with van der Waals surface area (Å²) >= 11 is 0. The molecule has 0 saturated carbocycles. The Hall–Kier alpha value is -1.81. The van der Waals surface area contributed by atoms with E-state index in [0.29, 0.717) is 6.42 Å². The van der Waals surface area contributed by atoms with Crippen LogP contribution in [0.5, 0.6) is 0 Å². The Bertz CT molecular complexity index is 698. The van der Waals surface area contributed by atoms with Gasteiger partial charge in [-0.1, -0.05) is 19.1 Å². The smallest absolute Gasteiger partial charge is 0.222 e. The van der Waals surface area contributed by atoms with E-state index in [1.165, 1.54) is 16.5 Å². The van der Waals surface area contributed by atoms with Gasteiger partial charge in [0.15, 0.2) is 0 Å². The molecule has 1 aliphatic heterocycles. The van der Waals surface area contributed by atoms with Crippen molar-refractivity contribution in [2.75, 3.05) is 26.8 Å². The van der Waals surface area contributed by atoms with E-state index >= 15 is 0 Å². The summed E-state index contributed by atoms with van der Waals surface area (Å²) in [6, 6.07) is 6.27. The molecular weight excluding hydrogens is 288 g/mol. The lowest BCUT2D eigenvalue weighted by Crippen LogP contribution is -2.57. The minimum absolute atomic E-state index is 0.239. The van der Waals surface area contributed by atoms with Crippen LogP contribution in [0, 0.1) is 12.3 Å². The van der Waals surface area contributed by atoms with Crippen LogP contribution in [0.25, 0.3) is 10.9 Å². The fourth-order valence-electron chi connectivity index (χ4n) is 3.61. The van der Waals surface area contributed by atoms with Crippen molar-refractivity contribution in [1.82, 2.24) is 9.88 Å². The first-order valence-corrected chi connectivity index (χ1v) is 8.35. The van der Waals surface area contributed by atoms with Crippen molar-refractivity contribution in [3.8, 4) is 0 Å². The monoisotopic (exact) mass is 314 g/mol. The summed E-state index contributed by atoms with van der Waals surface area (Å²) in [4.78, 5) is 17.7. The van der Waals surface area contributed by atoms with Crippen LogP contribution >= 0.6 is 0 Å². The number of methoxy groups -OCH3 is 1. The van der Waals surface area contributed by atoms with Crippen molar-refractivity contribution in [2.45, 2.75) is 33.1 Å². The van der Waals surface area contributed by atoms with Crippen molar-refractivity contribution in [2.24, 2.45) is 5.41 Å². The standard InChI is InChI=1S/C19H26N2O2/c1-14-5-4-6-16-18(14)15(11-20-16)7-8-17(22)21-12-19(2,13-21)9-10-23-3/h4-6,11,20H,7-10,12-13H2,1-3H3. The first kappa shape index (κ1) is 16.1. The third kappa shape index (κ3) is 3.27. The van der Waals surface area contributed by atoms with Crippen LogP contribution in [0.3, 0.4) is 0 Å². The molecule has 1 fully saturated rings. The highest BCUT2D eigenvalue weighted by Gasteiger charge is 2.40. The van der Waals surface area contributed by atoms with Gasteiger partial charge in [-0.05, 0) is 37.0 Å². The summed E-state index contributed by atoms with van der Waals surface area (Å²) in [5.41, 5.74) is 3.91. The second kappa shape index (κ2) is 6.36. The maximum absolute atomic E-state index is 12.4. The zero-order valence-corrected chi connectivity index (χ0v) is 14.3. The van der Waals surface area contributed by atoms with E-state index < -0.39 is 0 Å². The van der Waals surface area contributed by atoms with E-state index in [9.17, 15) is 4.79 Å². The summed E-state index contributed by atoms with van der Waals surface area (Å²) in [5.74, 6) is 0.267. The molecule has 2 aromatic rings.